The third-order valence-corrected chi connectivity index (χ3v) is 7.80. The number of nitrogens with one attached hydrogen (secondary N) is 2. The number of benzene rings is 2. The molecule has 1 amide bonds. The molecule has 7 nitrogen and oxygen atoms in total. The molecule has 0 saturated heterocycles. The molecule has 192 valence electrons. The Morgan fingerprint density at radius 1 is 1.26 bits per heavy atom. The number of ether oxygens (including phenoxy) is 1. The fraction of sp³-hybridized carbons (Fsp3) is 0.480. The van der Waals surface area contributed by atoms with Gasteiger partial charge in [-0.2, -0.15) is 0 Å². The molecule has 4 atom stereocenters. The molecule has 1 fully saturated rings. The van der Waals surface area contributed by atoms with Crippen LogP contribution in [0.3, 0.4) is 0 Å². The van der Waals surface area contributed by atoms with Gasteiger partial charge in [0.15, 0.2) is 0 Å². The highest BCUT2D eigenvalue weighted by Gasteiger charge is 2.46. The van der Waals surface area contributed by atoms with Crippen molar-refractivity contribution in [2.24, 2.45) is 5.41 Å². The number of hydrogen-bond acceptors (Lipinski definition) is 5. The molecule has 0 heterocycles. The normalized spacial score (nSPS) is 22.0. The van der Waals surface area contributed by atoms with Gasteiger partial charge in [-0.05, 0) is 71.8 Å². The molecule has 10 heteroatoms. The maximum Gasteiger partial charge on any atom is 0.227 e. The van der Waals surface area contributed by atoms with Crippen LogP contribution < -0.4 is 10.0 Å². The lowest BCUT2D eigenvalue weighted by Crippen LogP contribution is -2.52. The molecule has 3 rings (SSSR count). The summed E-state index contributed by atoms with van der Waals surface area (Å²) in [4.78, 5) is 13.6. The molecule has 35 heavy (non-hydrogen) atoms. The van der Waals surface area contributed by atoms with Crippen LogP contribution in [-0.2, 0) is 32.6 Å². The standard InChI is InChI=1S/C25H32BrFN2O5S/c1-17(34-16-18-6-4-3-5-7-18)23(15-30)28-24(31)25(11-10-20(14-25)29-35(2,32)33)13-19-8-9-22(27)21(26)12-19/h3-9,12,17,20,23,29-30H,10-11,13-16H2,1-2H3,(H,28,31)/t17-,20?,23-,25+/m0/s1. The molecule has 0 spiro atoms. The van der Waals surface area contributed by atoms with E-state index < -0.39 is 33.4 Å². The van der Waals surface area contributed by atoms with Crippen molar-refractivity contribution in [1.82, 2.24) is 10.0 Å². The van der Waals surface area contributed by atoms with Crippen molar-refractivity contribution in [3.05, 3.63) is 69.9 Å². The number of amides is 1. The van der Waals surface area contributed by atoms with Gasteiger partial charge in [0.2, 0.25) is 15.9 Å². The van der Waals surface area contributed by atoms with E-state index in [4.69, 9.17) is 4.74 Å². The van der Waals surface area contributed by atoms with E-state index in [9.17, 15) is 22.7 Å². The Kier molecular flexibility index (Phi) is 9.45. The van der Waals surface area contributed by atoms with E-state index >= 15 is 0 Å². The van der Waals surface area contributed by atoms with E-state index in [2.05, 4.69) is 26.0 Å². The summed E-state index contributed by atoms with van der Waals surface area (Å²) in [6.45, 7) is 1.81. The van der Waals surface area contributed by atoms with Crippen molar-refractivity contribution in [3.8, 4) is 0 Å². The summed E-state index contributed by atoms with van der Waals surface area (Å²) in [5, 5.41) is 12.9. The van der Waals surface area contributed by atoms with Crippen LogP contribution in [0.1, 0.15) is 37.3 Å². The van der Waals surface area contributed by atoms with Crippen LogP contribution >= 0.6 is 15.9 Å². The van der Waals surface area contributed by atoms with E-state index in [0.29, 0.717) is 30.3 Å². The Hall–Kier alpha value is -1.85. The molecule has 0 aromatic heterocycles. The second-order valence-electron chi connectivity index (χ2n) is 9.30. The minimum absolute atomic E-state index is 0.287. The molecule has 3 N–H and O–H groups in total. The molecule has 0 aliphatic heterocycles. The SMILES string of the molecule is C[C@H](OCc1ccccc1)[C@H](CO)NC(=O)[C@@]1(Cc2ccc(F)c(Br)c2)CCC(NS(C)(=O)=O)C1. The Morgan fingerprint density at radius 2 is 1.97 bits per heavy atom. The monoisotopic (exact) mass is 570 g/mol. The first kappa shape index (κ1) is 27.7. The van der Waals surface area contributed by atoms with Gasteiger partial charge in [-0.15, -0.1) is 0 Å². The van der Waals surface area contributed by atoms with Crippen LogP contribution in [-0.4, -0.2) is 50.5 Å². The van der Waals surface area contributed by atoms with Crippen LogP contribution in [0, 0.1) is 11.2 Å². The molecule has 1 saturated carbocycles. The lowest BCUT2D eigenvalue weighted by Gasteiger charge is -2.32. The molecule has 2 aromatic carbocycles. The summed E-state index contributed by atoms with van der Waals surface area (Å²) >= 11 is 3.19. The molecule has 2 aromatic rings. The fourth-order valence-corrected chi connectivity index (χ4v) is 5.80. The number of hydrogen-bond donors (Lipinski definition) is 3. The topological polar surface area (TPSA) is 105 Å². The van der Waals surface area contributed by atoms with Crippen molar-refractivity contribution < 1.29 is 27.4 Å². The first-order valence-electron chi connectivity index (χ1n) is 11.5. The van der Waals surface area contributed by atoms with Crippen LogP contribution in [0.15, 0.2) is 53.0 Å². The molecule has 1 aliphatic rings. The van der Waals surface area contributed by atoms with Crippen molar-refractivity contribution in [3.63, 3.8) is 0 Å². The first-order valence-corrected chi connectivity index (χ1v) is 14.2. The number of halogens is 2. The van der Waals surface area contributed by atoms with Gasteiger partial charge in [0.25, 0.3) is 0 Å². The van der Waals surface area contributed by atoms with Crippen LogP contribution in [0.5, 0.6) is 0 Å². The number of rotatable bonds is 11. The second-order valence-corrected chi connectivity index (χ2v) is 11.9. The number of carbonyl (C=O) groups excluding carboxylic acids is 1. The third-order valence-electron chi connectivity index (χ3n) is 6.43. The predicted octanol–water partition coefficient (Wildman–Crippen LogP) is 3.30. The van der Waals surface area contributed by atoms with E-state index in [1.54, 1.807) is 19.1 Å². The summed E-state index contributed by atoms with van der Waals surface area (Å²) in [7, 11) is -3.44. The summed E-state index contributed by atoms with van der Waals surface area (Å²) < 4.78 is 46.2. The molecule has 1 aliphatic carbocycles. The smallest absolute Gasteiger partial charge is 0.227 e. The third kappa shape index (κ3) is 7.82. The predicted molar refractivity (Wildman–Crippen MR) is 136 cm³/mol. The number of sulfonamides is 1. The minimum atomic E-state index is -3.44. The maximum absolute atomic E-state index is 13.8. The highest BCUT2D eigenvalue weighted by Crippen LogP contribution is 2.42. The van der Waals surface area contributed by atoms with Crippen molar-refractivity contribution in [2.45, 2.75) is 57.4 Å². The second kappa shape index (κ2) is 11.9. The van der Waals surface area contributed by atoms with E-state index in [1.807, 2.05) is 30.3 Å². The molecule has 0 bridgehead atoms. The lowest BCUT2D eigenvalue weighted by atomic mass is 9.78. The lowest BCUT2D eigenvalue weighted by molar-refractivity contribution is -0.133. The van der Waals surface area contributed by atoms with Gasteiger partial charge in [-0.25, -0.2) is 17.5 Å². The van der Waals surface area contributed by atoms with Crippen LogP contribution in [0.4, 0.5) is 4.39 Å². The summed E-state index contributed by atoms with van der Waals surface area (Å²) in [5.74, 6) is -0.690. The highest BCUT2D eigenvalue weighted by molar-refractivity contribution is 9.10. The Balaban J connectivity index is 1.76. The van der Waals surface area contributed by atoms with Gasteiger partial charge in [0.05, 0.1) is 41.5 Å². The summed E-state index contributed by atoms with van der Waals surface area (Å²) in [6.07, 6.45) is 2.16. The van der Waals surface area contributed by atoms with Gasteiger partial charge in [0.1, 0.15) is 5.82 Å². The number of carbonyl (C=O) groups is 1. The van der Waals surface area contributed by atoms with Crippen molar-refractivity contribution in [2.75, 3.05) is 12.9 Å². The van der Waals surface area contributed by atoms with Crippen LogP contribution in [0.25, 0.3) is 0 Å². The van der Waals surface area contributed by atoms with E-state index in [0.717, 1.165) is 17.4 Å². The Morgan fingerprint density at radius 3 is 2.60 bits per heavy atom. The molecular weight excluding hydrogens is 539 g/mol. The number of aliphatic hydroxyl groups excluding tert-OH is 1. The quantitative estimate of drug-likeness (QED) is 0.384. The maximum atomic E-state index is 13.8. The van der Waals surface area contributed by atoms with Crippen molar-refractivity contribution in [1.29, 1.82) is 0 Å². The minimum Gasteiger partial charge on any atom is -0.394 e. The zero-order valence-electron chi connectivity index (χ0n) is 19.8. The average molecular weight is 572 g/mol. The zero-order chi connectivity index (χ0) is 25.6. The Labute approximate surface area is 214 Å². The largest absolute Gasteiger partial charge is 0.394 e. The number of aliphatic hydroxyl groups is 1. The van der Waals surface area contributed by atoms with Gasteiger partial charge in [-0.1, -0.05) is 36.4 Å². The molecular formula is C25H32BrFN2O5S. The summed E-state index contributed by atoms with van der Waals surface area (Å²) in [5.41, 5.74) is 0.806. The highest BCUT2D eigenvalue weighted by atomic mass is 79.9. The van der Waals surface area contributed by atoms with Gasteiger partial charge < -0.3 is 15.2 Å². The Bertz CT molecular complexity index is 1120. The average Bonchev–Trinajstić information content (AvgIpc) is 3.20. The summed E-state index contributed by atoms with van der Waals surface area (Å²) in [6, 6.07) is 13.2. The van der Waals surface area contributed by atoms with Crippen LogP contribution in [0.2, 0.25) is 0 Å². The first-order chi connectivity index (χ1) is 16.5. The van der Waals surface area contributed by atoms with E-state index in [1.165, 1.54) is 6.07 Å². The zero-order valence-corrected chi connectivity index (χ0v) is 22.2. The van der Waals surface area contributed by atoms with Gasteiger partial charge in [-0.3, -0.25) is 4.79 Å². The van der Waals surface area contributed by atoms with E-state index in [-0.39, 0.29) is 25.0 Å². The van der Waals surface area contributed by atoms with Gasteiger partial charge in [0, 0.05) is 6.04 Å². The molecule has 1 unspecified atom stereocenters. The molecule has 0 radical (unpaired) electrons. The fourth-order valence-electron chi connectivity index (χ4n) is 4.57. The van der Waals surface area contributed by atoms with Gasteiger partial charge >= 0.3 is 0 Å². The van der Waals surface area contributed by atoms with Crippen molar-refractivity contribution >= 4 is 31.9 Å².